The number of carbonyl (C=O) groups is 1. The van der Waals surface area contributed by atoms with Gasteiger partial charge in [0.05, 0.1) is 0 Å². The molecule has 1 fully saturated rings. The number of piperidine rings is 1. The summed E-state index contributed by atoms with van der Waals surface area (Å²) in [7, 11) is 1.81. The van der Waals surface area contributed by atoms with E-state index in [0.717, 1.165) is 53.8 Å². The molecule has 3 heterocycles. The number of amides is 1. The summed E-state index contributed by atoms with van der Waals surface area (Å²) in [6.07, 6.45) is 3.32. The molecule has 1 aliphatic heterocycles. The first-order valence-electron chi connectivity index (χ1n) is 10.1. The van der Waals surface area contributed by atoms with Gasteiger partial charge in [0.25, 0.3) is 0 Å². The average molecular weight is 396 g/mol. The van der Waals surface area contributed by atoms with Gasteiger partial charge in [0.1, 0.15) is 23.0 Å². The van der Waals surface area contributed by atoms with Crippen molar-refractivity contribution in [3.63, 3.8) is 0 Å². The molecule has 1 aliphatic rings. The van der Waals surface area contributed by atoms with Crippen LogP contribution in [0.2, 0.25) is 0 Å². The van der Waals surface area contributed by atoms with Gasteiger partial charge < -0.3 is 19.0 Å². The van der Waals surface area contributed by atoms with Crippen molar-refractivity contribution < 1.29 is 13.9 Å². The van der Waals surface area contributed by atoms with E-state index >= 15 is 0 Å². The molecule has 7 heteroatoms. The lowest BCUT2D eigenvalue weighted by atomic mass is 9.96. The smallest absolute Gasteiger partial charge is 0.410 e. The lowest BCUT2D eigenvalue weighted by Gasteiger charge is -2.34. The van der Waals surface area contributed by atoms with Gasteiger partial charge in [-0.15, -0.1) is 0 Å². The molecule has 2 aromatic heterocycles. The van der Waals surface area contributed by atoms with Gasteiger partial charge in [0, 0.05) is 32.1 Å². The van der Waals surface area contributed by atoms with Crippen LogP contribution in [0.4, 0.5) is 10.6 Å². The first-order valence-corrected chi connectivity index (χ1v) is 10.1. The van der Waals surface area contributed by atoms with Crippen LogP contribution in [-0.2, 0) is 4.74 Å². The Bertz CT molecular complexity index is 1020. The summed E-state index contributed by atoms with van der Waals surface area (Å²) >= 11 is 0. The summed E-state index contributed by atoms with van der Waals surface area (Å²) in [4.78, 5) is 25.1. The maximum atomic E-state index is 12.2. The first kappa shape index (κ1) is 19.5. The molecule has 1 amide bonds. The summed E-state index contributed by atoms with van der Waals surface area (Å²) in [6, 6.07) is 7.94. The molecule has 0 N–H and O–H groups in total. The van der Waals surface area contributed by atoms with E-state index in [9.17, 15) is 4.79 Å². The average Bonchev–Trinajstić information content (AvgIpc) is 3.06. The maximum absolute atomic E-state index is 12.2. The number of furan rings is 1. The first-order chi connectivity index (χ1) is 13.8. The largest absolute Gasteiger partial charge is 0.450 e. The van der Waals surface area contributed by atoms with E-state index in [1.165, 1.54) is 0 Å². The number of benzene rings is 1. The fraction of sp³-hybridized carbons (Fsp3) is 0.500. The minimum atomic E-state index is -0.473. The van der Waals surface area contributed by atoms with Crippen molar-refractivity contribution in [3.05, 3.63) is 30.6 Å². The molecule has 0 radical (unpaired) electrons. The Kier molecular flexibility index (Phi) is 5.06. The highest BCUT2D eigenvalue weighted by atomic mass is 16.6. The zero-order valence-corrected chi connectivity index (χ0v) is 17.5. The van der Waals surface area contributed by atoms with E-state index in [2.05, 4.69) is 14.9 Å². The van der Waals surface area contributed by atoms with Crippen molar-refractivity contribution in [3.8, 4) is 0 Å². The van der Waals surface area contributed by atoms with Crippen LogP contribution in [0.3, 0.4) is 0 Å². The Balaban J connectivity index is 1.43. The van der Waals surface area contributed by atoms with Crippen molar-refractivity contribution in [1.82, 2.24) is 14.9 Å². The number of nitrogens with zero attached hydrogens (tertiary/aromatic N) is 4. The molecule has 0 unspecified atom stereocenters. The topological polar surface area (TPSA) is 71.7 Å². The molecule has 4 rings (SSSR count). The number of carbonyl (C=O) groups excluding carboxylic acids is 1. The van der Waals surface area contributed by atoms with Crippen LogP contribution in [0.25, 0.3) is 22.1 Å². The van der Waals surface area contributed by atoms with Crippen LogP contribution < -0.4 is 4.90 Å². The van der Waals surface area contributed by atoms with Gasteiger partial charge in [-0.25, -0.2) is 14.8 Å². The van der Waals surface area contributed by atoms with Crippen molar-refractivity contribution in [2.45, 2.75) is 39.2 Å². The molecule has 0 spiro atoms. The number of hydrogen-bond donors (Lipinski definition) is 0. The number of fused-ring (bicyclic) bond motifs is 3. The van der Waals surface area contributed by atoms with E-state index in [1.807, 2.05) is 52.1 Å². The third-order valence-electron chi connectivity index (χ3n) is 5.29. The number of ether oxygens (including phenoxy) is 1. The predicted molar refractivity (Wildman–Crippen MR) is 113 cm³/mol. The van der Waals surface area contributed by atoms with Gasteiger partial charge in [0.2, 0.25) is 0 Å². The number of hydrogen-bond acceptors (Lipinski definition) is 6. The third-order valence-corrected chi connectivity index (χ3v) is 5.29. The van der Waals surface area contributed by atoms with Crippen LogP contribution in [0, 0.1) is 5.92 Å². The fourth-order valence-corrected chi connectivity index (χ4v) is 3.87. The van der Waals surface area contributed by atoms with Crippen LogP contribution >= 0.6 is 0 Å². The van der Waals surface area contributed by atoms with E-state index in [4.69, 9.17) is 9.15 Å². The molecule has 0 saturated carbocycles. The van der Waals surface area contributed by atoms with Crippen LogP contribution in [0.15, 0.2) is 35.0 Å². The van der Waals surface area contributed by atoms with Crippen molar-refractivity contribution >= 4 is 34.0 Å². The SMILES string of the molecule is CN(CC1CCN(c2ncnc3c2oc2ccccc23)CC1)C(=O)OC(C)(C)C. The Hall–Kier alpha value is -2.83. The fourth-order valence-electron chi connectivity index (χ4n) is 3.87. The van der Waals surface area contributed by atoms with Crippen molar-refractivity contribution in [2.75, 3.05) is 31.6 Å². The van der Waals surface area contributed by atoms with Crippen LogP contribution in [-0.4, -0.2) is 53.2 Å². The highest BCUT2D eigenvalue weighted by Crippen LogP contribution is 2.33. The molecule has 0 aliphatic carbocycles. The van der Waals surface area contributed by atoms with E-state index < -0.39 is 5.60 Å². The molecule has 7 nitrogen and oxygen atoms in total. The standard InChI is InChI=1S/C22H28N4O3/c1-22(2,3)29-21(27)25(4)13-15-9-11-26(12-10-15)20-19-18(23-14-24-20)16-7-5-6-8-17(16)28-19/h5-8,14-15H,9-13H2,1-4H3. The molecule has 1 saturated heterocycles. The molecule has 0 bridgehead atoms. The summed E-state index contributed by atoms with van der Waals surface area (Å²) in [6.45, 7) is 8.10. The summed E-state index contributed by atoms with van der Waals surface area (Å²) in [5, 5.41) is 1.01. The molecular weight excluding hydrogens is 368 g/mol. The van der Waals surface area contributed by atoms with Crippen molar-refractivity contribution in [1.29, 1.82) is 0 Å². The minimum Gasteiger partial charge on any atom is -0.450 e. The Morgan fingerprint density at radius 2 is 1.97 bits per heavy atom. The van der Waals surface area contributed by atoms with Gasteiger partial charge in [-0.05, 0) is 51.7 Å². The Morgan fingerprint density at radius 3 is 2.69 bits per heavy atom. The van der Waals surface area contributed by atoms with Gasteiger partial charge in [-0.2, -0.15) is 0 Å². The molecule has 1 aromatic carbocycles. The molecule has 0 atom stereocenters. The van der Waals surface area contributed by atoms with Crippen LogP contribution in [0.5, 0.6) is 0 Å². The number of aromatic nitrogens is 2. The minimum absolute atomic E-state index is 0.264. The van der Waals surface area contributed by atoms with Crippen molar-refractivity contribution in [2.24, 2.45) is 5.92 Å². The zero-order valence-electron chi connectivity index (χ0n) is 17.5. The Morgan fingerprint density at radius 1 is 1.24 bits per heavy atom. The van der Waals surface area contributed by atoms with E-state index in [0.29, 0.717) is 12.5 Å². The second kappa shape index (κ2) is 7.54. The highest BCUT2D eigenvalue weighted by Gasteiger charge is 2.27. The summed E-state index contributed by atoms with van der Waals surface area (Å²) < 4.78 is 11.5. The molecule has 154 valence electrons. The summed E-state index contributed by atoms with van der Waals surface area (Å²) in [5.41, 5.74) is 1.97. The lowest BCUT2D eigenvalue weighted by molar-refractivity contribution is 0.0266. The number of rotatable bonds is 3. The number of anilines is 1. The van der Waals surface area contributed by atoms with Gasteiger partial charge in [-0.3, -0.25) is 0 Å². The Labute approximate surface area is 170 Å². The second-order valence-electron chi connectivity index (χ2n) is 8.76. The quantitative estimate of drug-likeness (QED) is 0.651. The van der Waals surface area contributed by atoms with Gasteiger partial charge >= 0.3 is 6.09 Å². The normalized spacial score (nSPS) is 15.8. The monoisotopic (exact) mass is 396 g/mol. The van der Waals surface area contributed by atoms with E-state index in [-0.39, 0.29) is 6.09 Å². The number of para-hydroxylation sites is 1. The van der Waals surface area contributed by atoms with Gasteiger partial charge in [0.15, 0.2) is 11.4 Å². The second-order valence-corrected chi connectivity index (χ2v) is 8.76. The third kappa shape index (κ3) is 4.13. The highest BCUT2D eigenvalue weighted by molar-refractivity contribution is 6.05. The summed E-state index contributed by atoms with van der Waals surface area (Å²) in [5.74, 6) is 1.29. The molecule has 29 heavy (non-hydrogen) atoms. The lowest BCUT2D eigenvalue weighted by Crippen LogP contribution is -2.41. The maximum Gasteiger partial charge on any atom is 0.410 e. The molecular formula is C22H28N4O3. The molecule has 3 aromatic rings. The predicted octanol–water partition coefficient (Wildman–Crippen LogP) is 4.46. The van der Waals surface area contributed by atoms with Gasteiger partial charge in [-0.1, -0.05) is 12.1 Å². The van der Waals surface area contributed by atoms with Crippen LogP contribution in [0.1, 0.15) is 33.6 Å². The van der Waals surface area contributed by atoms with E-state index in [1.54, 1.807) is 11.2 Å². The zero-order chi connectivity index (χ0) is 20.6.